The van der Waals surface area contributed by atoms with E-state index < -0.39 is 21.6 Å². The smallest absolute Gasteiger partial charge is 0.306 e. The largest absolute Gasteiger partial charge is 0.466 e. The highest BCUT2D eigenvalue weighted by Gasteiger charge is 2.35. The topological polar surface area (TPSA) is 93.7 Å². The normalized spacial score (nSPS) is 12.7. The van der Waals surface area contributed by atoms with Gasteiger partial charge in [-0.1, -0.05) is 48.5 Å². The van der Waals surface area contributed by atoms with Gasteiger partial charge in [0.25, 0.3) is 0 Å². The average Bonchev–Trinajstić information content (AvgIpc) is 2.95. The number of carbonyl (C=O) groups excluding carboxylic acids is 1. The highest BCUT2D eigenvalue weighted by atomic mass is 32.2. The molecule has 0 aromatic heterocycles. The van der Waals surface area contributed by atoms with Gasteiger partial charge in [0.05, 0.1) is 18.6 Å². The van der Waals surface area contributed by atoms with E-state index in [-0.39, 0.29) is 23.6 Å². The van der Waals surface area contributed by atoms with Gasteiger partial charge in [0.2, 0.25) is 15.8 Å². The third-order valence-corrected chi connectivity index (χ3v) is 7.31. The zero-order valence-electron chi connectivity index (χ0n) is 24.2. The Labute approximate surface area is 250 Å². The predicted octanol–water partition coefficient (Wildman–Crippen LogP) is 7.27. The third-order valence-electron chi connectivity index (χ3n) is 6.72. The van der Waals surface area contributed by atoms with Crippen molar-refractivity contribution in [1.29, 1.82) is 0 Å². The molecule has 0 aliphatic heterocycles. The molecule has 4 rings (SSSR count). The van der Waals surface area contributed by atoms with Crippen LogP contribution in [0.5, 0.6) is 11.5 Å². The molecule has 0 fully saturated rings. The lowest BCUT2D eigenvalue weighted by Gasteiger charge is -2.30. The Bertz CT molecular complexity index is 1660. The van der Waals surface area contributed by atoms with Crippen molar-refractivity contribution >= 4 is 27.4 Å². The van der Waals surface area contributed by atoms with Crippen molar-refractivity contribution in [1.82, 2.24) is 0 Å². The highest BCUT2D eigenvalue weighted by molar-refractivity contribution is 7.92. The maximum absolute atomic E-state index is 16.9. The van der Waals surface area contributed by atoms with Gasteiger partial charge >= 0.3 is 5.97 Å². The molecule has 0 heterocycles. The van der Waals surface area contributed by atoms with Crippen molar-refractivity contribution in [3.05, 3.63) is 119 Å². The zero-order chi connectivity index (χ0) is 31.0. The van der Waals surface area contributed by atoms with Crippen molar-refractivity contribution in [3.63, 3.8) is 0 Å². The van der Waals surface area contributed by atoms with Crippen molar-refractivity contribution in [2.75, 3.05) is 22.9 Å². The van der Waals surface area contributed by atoms with Gasteiger partial charge in [-0.2, -0.15) is 0 Å². The quantitative estimate of drug-likeness (QED) is 0.123. The van der Waals surface area contributed by atoms with E-state index in [4.69, 9.17) is 9.47 Å². The van der Waals surface area contributed by atoms with Gasteiger partial charge in [-0.25, -0.2) is 17.2 Å². The van der Waals surface area contributed by atoms with Crippen LogP contribution in [-0.2, 0) is 38.2 Å². The summed E-state index contributed by atoms with van der Waals surface area (Å²) in [4.78, 5) is 11.6. The van der Waals surface area contributed by atoms with Crippen molar-refractivity contribution in [2.45, 2.75) is 38.9 Å². The molecule has 0 bridgehead atoms. The van der Waals surface area contributed by atoms with Gasteiger partial charge in [-0.05, 0) is 79.4 Å². The first-order chi connectivity index (χ1) is 20.5. The lowest BCUT2D eigenvalue weighted by atomic mass is 9.94. The Morgan fingerprint density at radius 2 is 1.47 bits per heavy atom. The van der Waals surface area contributed by atoms with E-state index in [1.165, 1.54) is 18.2 Å². The van der Waals surface area contributed by atoms with Gasteiger partial charge in [-0.3, -0.25) is 9.52 Å². The number of nitrogens with one attached hydrogen (secondary N) is 2. The summed E-state index contributed by atoms with van der Waals surface area (Å²) in [5.41, 5.74) is 2.43. The Morgan fingerprint density at radius 3 is 2.07 bits per heavy atom. The number of aryl methyl sites for hydroxylation is 1. The minimum Gasteiger partial charge on any atom is -0.466 e. The lowest BCUT2D eigenvalue weighted by molar-refractivity contribution is -0.143. The third kappa shape index (κ3) is 8.78. The van der Waals surface area contributed by atoms with Crippen molar-refractivity contribution in [2.24, 2.45) is 0 Å². The number of sulfonamides is 1. The first kappa shape index (κ1) is 31.5. The van der Waals surface area contributed by atoms with Gasteiger partial charge in [0, 0.05) is 24.1 Å². The van der Waals surface area contributed by atoms with Crippen LogP contribution in [0.1, 0.15) is 35.6 Å². The molecule has 0 saturated carbocycles. The first-order valence-electron chi connectivity index (χ1n) is 13.8. The number of hydrogen-bond acceptors (Lipinski definition) is 6. The summed E-state index contributed by atoms with van der Waals surface area (Å²) in [6.07, 6.45) is 1.66. The average molecular weight is 609 g/mol. The standard InChI is InChI=1S/C33H34F2N2O5S/c1-4-41-32(38)21-16-24-12-17-26(18-13-24)42-27-19-14-25(15-20-27)22-33(35,28-8-5-6-9-29(28)34)36-30-10-7-11-31(23(30)2)37-43(3,39)40/h5-15,17-20,36-37H,4,16,21-22H2,1-3H3. The molecule has 0 amide bonds. The van der Waals surface area contributed by atoms with Gasteiger partial charge in [0.15, 0.2) is 0 Å². The lowest BCUT2D eigenvalue weighted by Crippen LogP contribution is -2.34. The fourth-order valence-corrected chi connectivity index (χ4v) is 5.20. The number of ether oxygens (including phenoxy) is 2. The molecule has 1 unspecified atom stereocenters. The Morgan fingerprint density at radius 1 is 0.860 bits per heavy atom. The molecule has 4 aromatic carbocycles. The summed E-state index contributed by atoms with van der Waals surface area (Å²) >= 11 is 0. The number of benzene rings is 4. The summed E-state index contributed by atoms with van der Waals surface area (Å²) < 4.78 is 68.8. The molecule has 0 radical (unpaired) electrons. The summed E-state index contributed by atoms with van der Waals surface area (Å²) in [5, 5.41) is 2.84. The van der Waals surface area contributed by atoms with E-state index in [9.17, 15) is 17.6 Å². The summed E-state index contributed by atoms with van der Waals surface area (Å²) in [5.74, 6) is -2.20. The second kappa shape index (κ2) is 13.7. The molecule has 0 spiro atoms. The Kier molecular flexibility index (Phi) is 10.0. The van der Waals surface area contributed by atoms with Gasteiger partial charge in [-0.15, -0.1) is 0 Å². The van der Waals surface area contributed by atoms with E-state index in [2.05, 4.69) is 10.0 Å². The van der Waals surface area contributed by atoms with Crippen LogP contribution in [0, 0.1) is 12.7 Å². The van der Waals surface area contributed by atoms with E-state index in [0.29, 0.717) is 47.8 Å². The first-order valence-corrected chi connectivity index (χ1v) is 15.7. The molecule has 0 aliphatic carbocycles. The molecule has 0 saturated heterocycles. The second-order valence-electron chi connectivity index (χ2n) is 10.1. The number of anilines is 2. The summed E-state index contributed by atoms with van der Waals surface area (Å²) in [6, 6.07) is 24.6. The molecular weight excluding hydrogens is 574 g/mol. The molecular formula is C33H34F2N2O5S. The zero-order valence-corrected chi connectivity index (χ0v) is 25.0. The van der Waals surface area contributed by atoms with Crippen LogP contribution in [0.3, 0.4) is 0 Å². The number of rotatable bonds is 13. The molecule has 4 aromatic rings. The van der Waals surface area contributed by atoms with Crippen molar-refractivity contribution < 1.29 is 31.5 Å². The van der Waals surface area contributed by atoms with Crippen LogP contribution in [-0.4, -0.2) is 27.2 Å². The van der Waals surface area contributed by atoms with Gasteiger partial charge < -0.3 is 14.8 Å². The van der Waals surface area contributed by atoms with Crippen LogP contribution in [0.15, 0.2) is 91.0 Å². The Balaban J connectivity index is 1.51. The minimum absolute atomic E-state index is 0.181. The van der Waals surface area contributed by atoms with E-state index in [0.717, 1.165) is 11.8 Å². The molecule has 43 heavy (non-hydrogen) atoms. The maximum atomic E-state index is 16.9. The van der Waals surface area contributed by atoms with Crippen LogP contribution in [0.25, 0.3) is 0 Å². The molecule has 226 valence electrons. The van der Waals surface area contributed by atoms with Crippen LogP contribution < -0.4 is 14.8 Å². The number of esters is 1. The fraction of sp³-hybridized carbons (Fsp3) is 0.242. The van der Waals surface area contributed by atoms with E-state index in [1.807, 2.05) is 12.1 Å². The minimum atomic E-state index is -3.56. The van der Waals surface area contributed by atoms with Crippen molar-refractivity contribution in [3.8, 4) is 11.5 Å². The van der Waals surface area contributed by atoms with Crippen LogP contribution in [0.4, 0.5) is 20.2 Å². The van der Waals surface area contributed by atoms with Crippen LogP contribution in [0.2, 0.25) is 0 Å². The second-order valence-corrected chi connectivity index (χ2v) is 11.9. The van der Waals surface area contributed by atoms with Gasteiger partial charge in [0.1, 0.15) is 17.3 Å². The molecule has 2 N–H and O–H groups in total. The summed E-state index contributed by atoms with van der Waals surface area (Å²) in [7, 11) is -3.56. The van der Waals surface area contributed by atoms with E-state index >= 15 is 4.39 Å². The number of halogens is 2. The highest BCUT2D eigenvalue weighted by Crippen LogP contribution is 2.36. The fourth-order valence-electron chi connectivity index (χ4n) is 4.58. The van der Waals surface area contributed by atoms with Crippen LogP contribution >= 0.6 is 0 Å². The summed E-state index contributed by atoms with van der Waals surface area (Å²) in [6.45, 7) is 3.78. The maximum Gasteiger partial charge on any atom is 0.306 e. The molecule has 10 heteroatoms. The SMILES string of the molecule is CCOC(=O)CCc1ccc(Oc2ccc(CC(F)(Nc3cccc(NS(C)(=O)=O)c3C)c3ccccc3F)cc2)cc1. The molecule has 1 atom stereocenters. The van der Waals surface area contributed by atoms with E-state index in [1.54, 1.807) is 74.5 Å². The molecule has 7 nitrogen and oxygen atoms in total. The monoisotopic (exact) mass is 608 g/mol. The number of alkyl halides is 1. The Hall–Kier alpha value is -4.44. The molecule has 0 aliphatic rings. The predicted molar refractivity (Wildman–Crippen MR) is 164 cm³/mol. The number of carbonyl (C=O) groups is 1. The number of hydrogen-bond donors (Lipinski definition) is 2.